The maximum Gasteiger partial charge on any atom is 0.277 e. The fourth-order valence-corrected chi connectivity index (χ4v) is 5.09. The fourth-order valence-electron chi connectivity index (χ4n) is 5.09. The van der Waals surface area contributed by atoms with Crippen LogP contribution in [0, 0.1) is 0 Å². The van der Waals surface area contributed by atoms with Crippen molar-refractivity contribution in [1.29, 1.82) is 0 Å². The maximum atomic E-state index is 14.1. The molecule has 0 aliphatic heterocycles. The van der Waals surface area contributed by atoms with Crippen LogP contribution in [0.4, 0.5) is 11.4 Å². The molecule has 0 fully saturated rings. The Hall–Kier alpha value is -5.58. The van der Waals surface area contributed by atoms with Gasteiger partial charge < -0.3 is 15.5 Å². The number of aromatic nitrogens is 5. The number of nitrogens with zero attached hydrogens (tertiary/aromatic N) is 5. The molecule has 1 atom stereocenters. The Kier molecular flexibility index (Phi) is 9.78. The van der Waals surface area contributed by atoms with Crippen molar-refractivity contribution in [3.05, 3.63) is 113 Å². The van der Waals surface area contributed by atoms with Gasteiger partial charge in [0.1, 0.15) is 11.7 Å². The summed E-state index contributed by atoms with van der Waals surface area (Å²) in [5.74, 6) is 0.156. The Balaban J connectivity index is 1.47. The van der Waals surface area contributed by atoms with E-state index in [2.05, 4.69) is 31.3 Å². The van der Waals surface area contributed by atoms with E-state index in [4.69, 9.17) is 0 Å². The van der Waals surface area contributed by atoms with E-state index in [0.717, 1.165) is 35.1 Å². The van der Waals surface area contributed by atoms with Gasteiger partial charge in [0.15, 0.2) is 5.82 Å². The van der Waals surface area contributed by atoms with E-state index in [1.165, 1.54) is 9.47 Å². The highest BCUT2D eigenvalue weighted by atomic mass is 16.2. The van der Waals surface area contributed by atoms with Crippen LogP contribution in [0.1, 0.15) is 43.4 Å². The van der Waals surface area contributed by atoms with Gasteiger partial charge in [0.25, 0.3) is 5.56 Å². The summed E-state index contributed by atoms with van der Waals surface area (Å²) >= 11 is 0. The number of likely N-dealkylation sites (N-methyl/N-ethyl adjacent to an activating group) is 1. The second-order valence-electron chi connectivity index (χ2n) is 10.9. The highest BCUT2D eigenvalue weighted by Gasteiger charge is 2.27. The lowest BCUT2D eigenvalue weighted by atomic mass is 9.98. The largest absolute Gasteiger partial charge is 0.375 e. The number of hydrogen-bond donors (Lipinski definition) is 3. The average molecular weight is 605 g/mol. The lowest BCUT2D eigenvalue weighted by Crippen LogP contribution is -2.38. The lowest BCUT2D eigenvalue weighted by Gasteiger charge is -2.24. The molecule has 5 rings (SSSR count). The number of tetrazole rings is 1. The summed E-state index contributed by atoms with van der Waals surface area (Å²) in [5.41, 5.74) is 4.58. The van der Waals surface area contributed by atoms with Gasteiger partial charge in [-0.1, -0.05) is 92.2 Å². The monoisotopic (exact) mass is 604 g/mol. The number of nitrogens with one attached hydrogen (secondary N) is 3. The number of carbonyl (C=O) groups is 2. The summed E-state index contributed by atoms with van der Waals surface area (Å²) in [6.07, 6.45) is 3.53. The third-order valence-corrected chi connectivity index (χ3v) is 7.48. The lowest BCUT2D eigenvalue weighted by molar-refractivity contribution is -0.131. The minimum Gasteiger partial charge on any atom is -0.375 e. The van der Waals surface area contributed by atoms with Gasteiger partial charge in [0, 0.05) is 38.8 Å². The zero-order valence-electron chi connectivity index (χ0n) is 25.5. The molecule has 2 amide bonds. The molecule has 1 unspecified atom stereocenters. The Morgan fingerprint density at radius 2 is 1.64 bits per heavy atom. The summed E-state index contributed by atoms with van der Waals surface area (Å²) < 4.78 is 1.42. The number of aromatic amines is 1. The average Bonchev–Trinajstić information content (AvgIpc) is 3.60. The molecule has 0 aliphatic rings. The summed E-state index contributed by atoms with van der Waals surface area (Å²) in [6, 6.07) is 25.8. The Morgan fingerprint density at radius 1 is 0.933 bits per heavy atom. The topological polar surface area (TPSA) is 138 Å². The molecular formula is C34H36N8O3. The quantitative estimate of drug-likeness (QED) is 0.180. The predicted octanol–water partition coefficient (Wildman–Crippen LogP) is 5.11. The minimum absolute atomic E-state index is 0.175. The first-order valence-electron chi connectivity index (χ1n) is 14.8. The number of unbranched alkanes of at least 4 members (excludes halogenated alkanes) is 1. The predicted molar refractivity (Wildman–Crippen MR) is 175 cm³/mol. The van der Waals surface area contributed by atoms with Crippen molar-refractivity contribution in [2.24, 2.45) is 0 Å². The third kappa shape index (κ3) is 7.15. The van der Waals surface area contributed by atoms with Gasteiger partial charge in [-0.05, 0) is 45.2 Å². The van der Waals surface area contributed by atoms with Crippen LogP contribution >= 0.6 is 0 Å². The Morgan fingerprint density at radius 3 is 2.31 bits per heavy atom. The van der Waals surface area contributed by atoms with Crippen LogP contribution in [0.3, 0.4) is 0 Å². The molecular weight excluding hydrogens is 568 g/mol. The van der Waals surface area contributed by atoms with Crippen molar-refractivity contribution in [2.75, 3.05) is 24.7 Å². The molecule has 11 nitrogen and oxygen atoms in total. The van der Waals surface area contributed by atoms with Crippen LogP contribution in [0.5, 0.6) is 0 Å². The van der Waals surface area contributed by atoms with Crippen molar-refractivity contribution in [1.82, 2.24) is 30.1 Å². The fraction of sp³-hybridized carbons (Fsp3) is 0.235. The summed E-state index contributed by atoms with van der Waals surface area (Å²) in [6.45, 7) is 2.32. The van der Waals surface area contributed by atoms with Crippen molar-refractivity contribution in [2.45, 2.75) is 38.8 Å². The van der Waals surface area contributed by atoms with Crippen LogP contribution in [-0.4, -0.2) is 56.0 Å². The first kappa shape index (κ1) is 30.9. The Labute approximate surface area is 261 Å². The molecule has 11 heteroatoms. The van der Waals surface area contributed by atoms with Gasteiger partial charge in [-0.3, -0.25) is 19.0 Å². The van der Waals surface area contributed by atoms with Crippen LogP contribution in [0.25, 0.3) is 22.5 Å². The number of benzene rings is 3. The zero-order valence-corrected chi connectivity index (χ0v) is 25.5. The summed E-state index contributed by atoms with van der Waals surface area (Å²) in [7, 11) is 3.32. The molecule has 5 aromatic rings. The van der Waals surface area contributed by atoms with E-state index in [1.807, 2.05) is 85.8 Å². The molecule has 3 aromatic carbocycles. The molecule has 0 aliphatic carbocycles. The molecule has 2 heterocycles. The first-order valence-corrected chi connectivity index (χ1v) is 14.8. The SMILES string of the molecule is CCCCC(=O)Nc1ccn(C(C(=O)N(C)C)c2ccccc2)c(=O)c1NCc1ccc(-c2ccccc2-c2nnn[nH]2)cc1. The highest BCUT2D eigenvalue weighted by Crippen LogP contribution is 2.30. The van der Waals surface area contributed by atoms with E-state index in [-0.39, 0.29) is 17.5 Å². The van der Waals surface area contributed by atoms with Crippen LogP contribution in [0.15, 0.2) is 95.9 Å². The number of anilines is 2. The van der Waals surface area contributed by atoms with Crippen molar-refractivity contribution < 1.29 is 9.59 Å². The van der Waals surface area contributed by atoms with E-state index in [0.29, 0.717) is 30.0 Å². The molecule has 0 spiro atoms. The number of carbonyl (C=O) groups excluding carboxylic acids is 2. The van der Waals surface area contributed by atoms with Crippen LogP contribution in [0.2, 0.25) is 0 Å². The smallest absolute Gasteiger partial charge is 0.277 e. The minimum atomic E-state index is -0.877. The van der Waals surface area contributed by atoms with Gasteiger partial charge >= 0.3 is 0 Å². The first-order chi connectivity index (χ1) is 21.9. The normalized spacial score (nSPS) is 11.5. The van der Waals surface area contributed by atoms with Crippen LogP contribution in [-0.2, 0) is 16.1 Å². The highest BCUT2D eigenvalue weighted by molar-refractivity contribution is 5.94. The number of hydrogen-bond acceptors (Lipinski definition) is 7. The molecule has 2 aromatic heterocycles. The summed E-state index contributed by atoms with van der Waals surface area (Å²) in [4.78, 5) is 41.7. The zero-order chi connectivity index (χ0) is 31.8. The molecule has 0 bridgehead atoms. The molecule has 3 N–H and O–H groups in total. The van der Waals surface area contributed by atoms with Gasteiger partial charge in [-0.25, -0.2) is 5.10 Å². The maximum absolute atomic E-state index is 14.1. The van der Waals surface area contributed by atoms with Gasteiger partial charge in [0.05, 0.1) is 5.69 Å². The molecule has 230 valence electrons. The van der Waals surface area contributed by atoms with E-state index in [9.17, 15) is 14.4 Å². The molecule has 0 saturated carbocycles. The van der Waals surface area contributed by atoms with Crippen LogP contribution < -0.4 is 16.2 Å². The van der Waals surface area contributed by atoms with Gasteiger partial charge in [-0.2, -0.15) is 0 Å². The number of pyridine rings is 1. The number of rotatable bonds is 12. The van der Waals surface area contributed by atoms with Crippen molar-refractivity contribution in [3.8, 4) is 22.5 Å². The van der Waals surface area contributed by atoms with Crippen molar-refractivity contribution >= 4 is 23.2 Å². The summed E-state index contributed by atoms with van der Waals surface area (Å²) in [5, 5.41) is 20.4. The van der Waals surface area contributed by atoms with E-state index < -0.39 is 11.6 Å². The van der Waals surface area contributed by atoms with E-state index >= 15 is 0 Å². The van der Waals surface area contributed by atoms with E-state index in [1.54, 1.807) is 26.4 Å². The van der Waals surface area contributed by atoms with Gasteiger partial charge in [-0.15, -0.1) is 5.10 Å². The third-order valence-electron chi connectivity index (χ3n) is 7.48. The second-order valence-corrected chi connectivity index (χ2v) is 10.9. The molecule has 0 radical (unpaired) electrons. The van der Waals surface area contributed by atoms with Crippen molar-refractivity contribution in [3.63, 3.8) is 0 Å². The van der Waals surface area contributed by atoms with Gasteiger partial charge in [0.2, 0.25) is 11.8 Å². The Bertz CT molecular complexity index is 1800. The molecule has 45 heavy (non-hydrogen) atoms. The molecule has 0 saturated heterocycles. The number of amides is 2. The number of H-pyrrole nitrogens is 1. The second kappa shape index (κ2) is 14.3. The standard InChI is InChI=1S/C34H36N8O3/c1-4-5-15-29(43)36-28-20-21-42(31(34(45)41(2)3)25-11-7-6-8-12-25)33(44)30(28)35-22-23-16-18-24(19-17-23)26-13-9-10-14-27(26)32-37-39-40-38-32/h6-14,16-21,31,35H,4-5,15,22H2,1-3H3,(H,36,43)(H,37,38,39,40).